The van der Waals surface area contributed by atoms with Gasteiger partial charge in [-0.1, -0.05) is 53.3 Å². The van der Waals surface area contributed by atoms with Gasteiger partial charge >= 0.3 is 0 Å². The Kier molecular flexibility index (Phi) is 10.7. The fourth-order valence-electron chi connectivity index (χ4n) is 3.83. The van der Waals surface area contributed by atoms with Crippen LogP contribution in [0.2, 0.25) is 5.02 Å². The summed E-state index contributed by atoms with van der Waals surface area (Å²) in [7, 11) is 0. The van der Waals surface area contributed by atoms with Crippen molar-refractivity contribution >= 4 is 46.0 Å². The van der Waals surface area contributed by atoms with Crippen LogP contribution in [0.25, 0.3) is 0 Å². The van der Waals surface area contributed by atoms with Gasteiger partial charge in [0.15, 0.2) is 0 Å². The van der Waals surface area contributed by atoms with Gasteiger partial charge in [0.25, 0.3) is 5.91 Å². The molecule has 0 spiro atoms. The number of amides is 2. The van der Waals surface area contributed by atoms with Gasteiger partial charge in [0.1, 0.15) is 0 Å². The molecule has 1 aliphatic heterocycles. The second kappa shape index (κ2) is 12.8. The van der Waals surface area contributed by atoms with Crippen molar-refractivity contribution in [3.63, 3.8) is 0 Å². The summed E-state index contributed by atoms with van der Waals surface area (Å²) in [6.45, 7) is 10.4. The van der Waals surface area contributed by atoms with E-state index in [9.17, 15) is 9.59 Å². The molecule has 31 heavy (non-hydrogen) atoms. The predicted molar refractivity (Wildman–Crippen MR) is 136 cm³/mol. The topological polar surface area (TPSA) is 87.5 Å². The standard InChI is InChI=1S/C23H34ClIN4O2/c1-4-16(15(2)3)14-29-10-8-19(28-21(7-9-26)23(29)31)13-27-22(30)17-5-6-20(24)18(11-17)12-25/h5-6,11,16,19,21,28H,2,4,7-10,12-14,26H2,1,3H3,(H,27,30)/t16?,19-,21-/m0/s1. The lowest BCUT2D eigenvalue weighted by molar-refractivity contribution is -0.133. The van der Waals surface area contributed by atoms with E-state index in [0.29, 0.717) is 43.2 Å². The molecule has 1 aliphatic rings. The number of nitrogens with two attached hydrogens (primary N) is 1. The number of rotatable bonds is 10. The lowest BCUT2D eigenvalue weighted by Gasteiger charge is -2.28. The van der Waals surface area contributed by atoms with Gasteiger partial charge in [-0.15, -0.1) is 0 Å². The van der Waals surface area contributed by atoms with E-state index in [4.69, 9.17) is 17.3 Å². The number of nitrogens with zero attached hydrogens (tertiary/aromatic N) is 1. The highest BCUT2D eigenvalue weighted by atomic mass is 127. The van der Waals surface area contributed by atoms with Gasteiger partial charge in [-0.3, -0.25) is 9.59 Å². The van der Waals surface area contributed by atoms with Crippen LogP contribution in [0.5, 0.6) is 0 Å². The summed E-state index contributed by atoms with van der Waals surface area (Å²) in [4.78, 5) is 27.7. The van der Waals surface area contributed by atoms with Gasteiger partial charge < -0.3 is 21.3 Å². The van der Waals surface area contributed by atoms with Gasteiger partial charge in [-0.2, -0.15) is 0 Å². The first kappa shape index (κ1) is 26.1. The maximum atomic E-state index is 13.1. The number of nitrogens with one attached hydrogen (secondary N) is 2. The minimum atomic E-state index is -0.335. The van der Waals surface area contributed by atoms with Crippen molar-refractivity contribution in [2.24, 2.45) is 11.7 Å². The predicted octanol–water partition coefficient (Wildman–Crippen LogP) is 3.52. The molecule has 1 fully saturated rings. The third-order valence-electron chi connectivity index (χ3n) is 5.84. The fraction of sp³-hybridized carbons (Fsp3) is 0.565. The Balaban J connectivity index is 2.04. The number of halogens is 2. The number of carbonyl (C=O) groups excluding carboxylic acids is 2. The average Bonchev–Trinajstić information content (AvgIpc) is 2.89. The van der Waals surface area contributed by atoms with E-state index < -0.39 is 0 Å². The molecule has 0 aliphatic carbocycles. The summed E-state index contributed by atoms with van der Waals surface area (Å²) in [5, 5.41) is 7.10. The molecule has 6 nitrogen and oxygen atoms in total. The summed E-state index contributed by atoms with van der Waals surface area (Å²) in [6, 6.07) is 4.98. The minimum absolute atomic E-state index is 0.00398. The monoisotopic (exact) mass is 560 g/mol. The Morgan fingerprint density at radius 1 is 1.48 bits per heavy atom. The van der Waals surface area contributed by atoms with E-state index in [2.05, 4.69) is 46.7 Å². The van der Waals surface area contributed by atoms with Crippen molar-refractivity contribution in [3.05, 3.63) is 46.5 Å². The number of alkyl halides is 1. The van der Waals surface area contributed by atoms with Crippen molar-refractivity contribution in [1.82, 2.24) is 15.5 Å². The highest BCUT2D eigenvalue weighted by Gasteiger charge is 2.31. The molecule has 2 rings (SSSR count). The van der Waals surface area contributed by atoms with Gasteiger partial charge in [-0.25, -0.2) is 0 Å². The Morgan fingerprint density at radius 2 is 2.23 bits per heavy atom. The van der Waals surface area contributed by atoms with Crippen LogP contribution in [-0.4, -0.2) is 55.0 Å². The Hall–Kier alpha value is -1.16. The zero-order valence-corrected chi connectivity index (χ0v) is 21.3. The van der Waals surface area contributed by atoms with Crippen molar-refractivity contribution in [2.45, 2.75) is 49.6 Å². The Labute approximate surface area is 204 Å². The number of hydrogen-bond donors (Lipinski definition) is 3. The molecule has 1 saturated heterocycles. The van der Waals surface area contributed by atoms with Gasteiger partial charge in [-0.05, 0) is 62.4 Å². The van der Waals surface area contributed by atoms with Crippen LogP contribution in [0.4, 0.5) is 0 Å². The van der Waals surface area contributed by atoms with Crippen LogP contribution in [-0.2, 0) is 9.22 Å². The minimum Gasteiger partial charge on any atom is -0.350 e. The molecular weight excluding hydrogens is 527 g/mol. The second-order valence-electron chi connectivity index (χ2n) is 8.17. The molecule has 8 heteroatoms. The van der Waals surface area contributed by atoms with Crippen LogP contribution in [0, 0.1) is 5.92 Å². The van der Waals surface area contributed by atoms with Gasteiger partial charge in [0, 0.05) is 40.7 Å². The summed E-state index contributed by atoms with van der Waals surface area (Å²) < 4.78 is 0.740. The van der Waals surface area contributed by atoms with E-state index in [1.165, 1.54) is 0 Å². The average molecular weight is 561 g/mol. The molecule has 2 amide bonds. The molecule has 1 unspecified atom stereocenters. The van der Waals surface area contributed by atoms with Crippen LogP contribution in [0.15, 0.2) is 30.4 Å². The SMILES string of the molecule is C=C(C)C(CC)CN1CC[C@@H](CNC(=O)c2ccc(Cl)c(CI)c2)N[C@@H](CCN)C1=O. The van der Waals surface area contributed by atoms with Crippen LogP contribution < -0.4 is 16.4 Å². The molecule has 1 aromatic rings. The van der Waals surface area contributed by atoms with Crippen molar-refractivity contribution < 1.29 is 9.59 Å². The maximum Gasteiger partial charge on any atom is 0.251 e. The highest BCUT2D eigenvalue weighted by molar-refractivity contribution is 14.1. The highest BCUT2D eigenvalue weighted by Crippen LogP contribution is 2.21. The van der Waals surface area contributed by atoms with Crippen LogP contribution >= 0.6 is 34.2 Å². The fourth-order valence-corrected chi connectivity index (χ4v) is 4.87. The molecule has 1 aromatic carbocycles. The maximum absolute atomic E-state index is 13.1. The lowest BCUT2D eigenvalue weighted by Crippen LogP contribution is -2.50. The van der Waals surface area contributed by atoms with Crippen LogP contribution in [0.1, 0.15) is 49.0 Å². The van der Waals surface area contributed by atoms with Gasteiger partial charge in [0.2, 0.25) is 5.91 Å². The Bertz CT molecular complexity index is 789. The van der Waals surface area contributed by atoms with Gasteiger partial charge in [0.05, 0.1) is 6.04 Å². The number of hydrogen-bond acceptors (Lipinski definition) is 4. The molecule has 3 atom stereocenters. The molecule has 0 bridgehead atoms. The lowest BCUT2D eigenvalue weighted by atomic mass is 9.98. The van der Waals surface area contributed by atoms with Crippen molar-refractivity contribution in [1.29, 1.82) is 0 Å². The third kappa shape index (κ3) is 7.44. The number of carbonyl (C=O) groups is 2. The molecule has 1 heterocycles. The molecule has 0 radical (unpaired) electrons. The van der Waals surface area contributed by atoms with E-state index in [1.807, 2.05) is 17.9 Å². The summed E-state index contributed by atoms with van der Waals surface area (Å²) in [5.74, 6) is 0.236. The van der Waals surface area contributed by atoms with Crippen molar-refractivity contribution in [2.75, 3.05) is 26.2 Å². The zero-order valence-electron chi connectivity index (χ0n) is 18.4. The first-order valence-corrected chi connectivity index (χ1v) is 12.7. The normalized spacial score (nSPS) is 20.3. The quantitative estimate of drug-likeness (QED) is 0.232. The summed E-state index contributed by atoms with van der Waals surface area (Å²) in [6.07, 6.45) is 2.28. The van der Waals surface area contributed by atoms with E-state index >= 15 is 0 Å². The molecular formula is C23H34ClIN4O2. The Morgan fingerprint density at radius 3 is 2.84 bits per heavy atom. The first-order valence-electron chi connectivity index (χ1n) is 10.8. The smallest absolute Gasteiger partial charge is 0.251 e. The van der Waals surface area contributed by atoms with E-state index in [1.54, 1.807) is 12.1 Å². The van der Waals surface area contributed by atoms with E-state index in [0.717, 1.165) is 28.4 Å². The second-order valence-corrected chi connectivity index (χ2v) is 9.34. The molecule has 4 N–H and O–H groups in total. The largest absolute Gasteiger partial charge is 0.350 e. The number of benzene rings is 1. The third-order valence-corrected chi connectivity index (χ3v) is 7.03. The summed E-state index contributed by atoms with van der Waals surface area (Å²) in [5.41, 5.74) is 8.40. The first-order chi connectivity index (χ1) is 14.8. The summed E-state index contributed by atoms with van der Waals surface area (Å²) >= 11 is 8.39. The van der Waals surface area contributed by atoms with Crippen LogP contribution in [0.3, 0.4) is 0 Å². The van der Waals surface area contributed by atoms with E-state index in [-0.39, 0.29) is 29.8 Å². The molecule has 0 aromatic heterocycles. The molecule has 0 saturated carbocycles. The van der Waals surface area contributed by atoms with Crippen molar-refractivity contribution in [3.8, 4) is 0 Å². The zero-order chi connectivity index (χ0) is 23.0. The molecule has 172 valence electrons.